The van der Waals surface area contributed by atoms with Crippen molar-refractivity contribution in [2.24, 2.45) is 12.5 Å². The molecule has 5 heteroatoms. The first kappa shape index (κ1) is 12.0. The fourth-order valence-corrected chi connectivity index (χ4v) is 2.52. The minimum Gasteiger partial charge on any atom is -0.481 e. The minimum atomic E-state index is -0.653. The van der Waals surface area contributed by atoms with Crippen LogP contribution in [0.5, 0.6) is 0 Å². The van der Waals surface area contributed by atoms with Crippen LogP contribution in [0.4, 0.5) is 5.95 Å². The van der Waals surface area contributed by atoms with Gasteiger partial charge in [0, 0.05) is 32.5 Å². The average molecular weight is 237 g/mol. The lowest BCUT2D eigenvalue weighted by molar-refractivity contribution is -0.150. The highest BCUT2D eigenvalue weighted by Gasteiger charge is 2.40. The number of aliphatic carboxylic acids is 1. The lowest BCUT2D eigenvalue weighted by Crippen LogP contribution is -2.44. The number of carboxylic acids is 1. The molecule has 0 radical (unpaired) electrons. The number of carboxylic acid groups (broad SMARTS) is 1. The Morgan fingerprint density at radius 2 is 2.18 bits per heavy atom. The van der Waals surface area contributed by atoms with E-state index < -0.39 is 11.4 Å². The zero-order valence-electron chi connectivity index (χ0n) is 10.4. The van der Waals surface area contributed by atoms with Gasteiger partial charge in [0.1, 0.15) is 0 Å². The molecule has 0 spiro atoms. The van der Waals surface area contributed by atoms with E-state index in [1.165, 1.54) is 0 Å². The fraction of sp³-hybridized carbons (Fsp3) is 0.667. The monoisotopic (exact) mass is 237 g/mol. The first-order valence-corrected chi connectivity index (χ1v) is 6.05. The third kappa shape index (κ3) is 2.01. The van der Waals surface area contributed by atoms with E-state index in [-0.39, 0.29) is 0 Å². The first-order valence-electron chi connectivity index (χ1n) is 6.05. The second-order valence-corrected chi connectivity index (χ2v) is 4.76. The smallest absolute Gasteiger partial charge is 0.309 e. The van der Waals surface area contributed by atoms with Crippen LogP contribution in [0, 0.1) is 5.41 Å². The Balaban J connectivity index is 2.08. The molecule has 0 bridgehead atoms. The van der Waals surface area contributed by atoms with E-state index in [9.17, 15) is 9.90 Å². The summed E-state index contributed by atoms with van der Waals surface area (Å²) >= 11 is 0. The highest BCUT2D eigenvalue weighted by Crippen LogP contribution is 2.36. The molecule has 2 heterocycles. The topological polar surface area (TPSA) is 58.4 Å². The van der Waals surface area contributed by atoms with Gasteiger partial charge in [-0.1, -0.05) is 6.92 Å². The van der Waals surface area contributed by atoms with Crippen molar-refractivity contribution in [2.75, 3.05) is 18.0 Å². The van der Waals surface area contributed by atoms with Crippen molar-refractivity contribution in [1.82, 2.24) is 9.55 Å². The molecule has 0 aromatic carbocycles. The predicted octanol–water partition coefficient (Wildman–Crippen LogP) is 1.50. The van der Waals surface area contributed by atoms with Crippen molar-refractivity contribution >= 4 is 11.9 Å². The summed E-state index contributed by atoms with van der Waals surface area (Å²) < 4.78 is 1.97. The normalized spacial score (nSPS) is 19.3. The molecule has 1 aromatic rings. The molecule has 1 aliphatic rings. The lowest BCUT2D eigenvalue weighted by atomic mass is 9.76. The molecule has 1 aromatic heterocycles. The van der Waals surface area contributed by atoms with Crippen molar-refractivity contribution in [3.63, 3.8) is 0 Å². The van der Waals surface area contributed by atoms with Gasteiger partial charge in [0.15, 0.2) is 0 Å². The van der Waals surface area contributed by atoms with E-state index >= 15 is 0 Å². The SMILES string of the molecule is CCC1(C(=O)O)CCN(c2nccn2C)CC1. The van der Waals surface area contributed by atoms with Gasteiger partial charge >= 0.3 is 5.97 Å². The Hall–Kier alpha value is -1.52. The maximum Gasteiger partial charge on any atom is 0.309 e. The molecule has 1 saturated heterocycles. The average Bonchev–Trinajstić information content (AvgIpc) is 2.75. The van der Waals surface area contributed by atoms with Crippen molar-refractivity contribution < 1.29 is 9.90 Å². The maximum absolute atomic E-state index is 11.3. The molecule has 1 aliphatic heterocycles. The largest absolute Gasteiger partial charge is 0.481 e. The van der Waals surface area contributed by atoms with Gasteiger partial charge in [0.05, 0.1) is 5.41 Å². The Morgan fingerprint density at radius 3 is 2.59 bits per heavy atom. The second kappa shape index (κ2) is 4.39. The van der Waals surface area contributed by atoms with Crippen LogP contribution in [-0.2, 0) is 11.8 Å². The van der Waals surface area contributed by atoms with Gasteiger partial charge in [-0.25, -0.2) is 4.98 Å². The summed E-state index contributed by atoms with van der Waals surface area (Å²) in [6.45, 7) is 3.50. The summed E-state index contributed by atoms with van der Waals surface area (Å²) in [7, 11) is 1.96. The Labute approximate surface area is 101 Å². The molecule has 0 unspecified atom stereocenters. The van der Waals surface area contributed by atoms with Crippen LogP contribution < -0.4 is 4.90 Å². The molecule has 5 nitrogen and oxygen atoms in total. The van der Waals surface area contributed by atoms with E-state index in [4.69, 9.17) is 0 Å². The van der Waals surface area contributed by atoms with Gasteiger partial charge in [0.25, 0.3) is 0 Å². The number of aromatic nitrogens is 2. The number of anilines is 1. The van der Waals surface area contributed by atoms with Gasteiger partial charge in [-0.05, 0) is 19.3 Å². The minimum absolute atomic E-state index is 0.526. The zero-order valence-corrected chi connectivity index (χ0v) is 10.4. The van der Waals surface area contributed by atoms with E-state index in [0.29, 0.717) is 19.3 Å². The Kier molecular flexibility index (Phi) is 3.09. The number of carbonyl (C=O) groups is 1. The van der Waals surface area contributed by atoms with E-state index in [0.717, 1.165) is 19.0 Å². The summed E-state index contributed by atoms with van der Waals surface area (Å²) in [5, 5.41) is 9.32. The summed E-state index contributed by atoms with van der Waals surface area (Å²) in [6.07, 6.45) is 5.79. The number of hydrogen-bond donors (Lipinski definition) is 1. The van der Waals surface area contributed by atoms with Gasteiger partial charge in [-0.2, -0.15) is 0 Å². The molecule has 2 rings (SSSR count). The summed E-state index contributed by atoms with van der Waals surface area (Å²) in [5.41, 5.74) is -0.526. The quantitative estimate of drug-likeness (QED) is 0.865. The van der Waals surface area contributed by atoms with Crippen LogP contribution in [0.1, 0.15) is 26.2 Å². The van der Waals surface area contributed by atoms with Gasteiger partial charge in [-0.3, -0.25) is 4.79 Å². The number of rotatable bonds is 3. The number of nitrogens with zero attached hydrogens (tertiary/aromatic N) is 3. The Bertz CT molecular complexity index is 406. The predicted molar refractivity (Wildman–Crippen MR) is 65.0 cm³/mol. The van der Waals surface area contributed by atoms with Gasteiger partial charge < -0.3 is 14.6 Å². The summed E-state index contributed by atoms with van der Waals surface area (Å²) in [4.78, 5) is 17.8. The number of piperidine rings is 1. The third-order valence-corrected chi connectivity index (χ3v) is 3.93. The van der Waals surface area contributed by atoms with Crippen molar-refractivity contribution in [3.05, 3.63) is 12.4 Å². The van der Waals surface area contributed by atoms with Crippen LogP contribution in [0.2, 0.25) is 0 Å². The van der Waals surface area contributed by atoms with Crippen molar-refractivity contribution in [1.29, 1.82) is 0 Å². The highest BCUT2D eigenvalue weighted by atomic mass is 16.4. The van der Waals surface area contributed by atoms with Gasteiger partial charge in [0.2, 0.25) is 5.95 Å². The van der Waals surface area contributed by atoms with Gasteiger partial charge in [-0.15, -0.1) is 0 Å². The molecule has 17 heavy (non-hydrogen) atoms. The molecule has 94 valence electrons. The number of hydrogen-bond acceptors (Lipinski definition) is 3. The molecule has 0 aliphatic carbocycles. The zero-order chi connectivity index (χ0) is 12.5. The molecule has 0 atom stereocenters. The number of aryl methyl sites for hydroxylation is 1. The molecular formula is C12H19N3O2. The van der Waals surface area contributed by atoms with Crippen LogP contribution in [-0.4, -0.2) is 33.7 Å². The maximum atomic E-state index is 11.3. The molecule has 0 amide bonds. The fourth-order valence-electron chi connectivity index (χ4n) is 2.52. The lowest BCUT2D eigenvalue weighted by Gasteiger charge is -2.38. The first-order chi connectivity index (χ1) is 8.09. The molecular weight excluding hydrogens is 218 g/mol. The summed E-state index contributed by atoms with van der Waals surface area (Å²) in [6, 6.07) is 0. The van der Waals surface area contributed by atoms with E-state index in [1.54, 1.807) is 6.20 Å². The standard InChI is InChI=1S/C12H19N3O2/c1-3-12(10(16)17)4-7-15(8-5-12)11-13-6-9-14(11)2/h6,9H,3-5,7-8H2,1-2H3,(H,16,17). The van der Waals surface area contributed by atoms with E-state index in [1.807, 2.05) is 24.7 Å². The van der Waals surface area contributed by atoms with Crippen molar-refractivity contribution in [2.45, 2.75) is 26.2 Å². The Morgan fingerprint density at radius 1 is 1.53 bits per heavy atom. The van der Waals surface area contributed by atoms with Crippen LogP contribution in [0.25, 0.3) is 0 Å². The molecule has 1 fully saturated rings. The van der Waals surface area contributed by atoms with Crippen LogP contribution in [0.3, 0.4) is 0 Å². The van der Waals surface area contributed by atoms with Crippen LogP contribution >= 0.6 is 0 Å². The third-order valence-electron chi connectivity index (χ3n) is 3.93. The number of imidazole rings is 1. The second-order valence-electron chi connectivity index (χ2n) is 4.76. The van der Waals surface area contributed by atoms with Crippen molar-refractivity contribution in [3.8, 4) is 0 Å². The van der Waals surface area contributed by atoms with E-state index in [2.05, 4.69) is 9.88 Å². The molecule has 0 saturated carbocycles. The molecule has 1 N–H and O–H groups in total. The van der Waals surface area contributed by atoms with Crippen LogP contribution in [0.15, 0.2) is 12.4 Å². The summed E-state index contributed by atoms with van der Waals surface area (Å²) in [5.74, 6) is 0.277. The highest BCUT2D eigenvalue weighted by molar-refractivity contribution is 5.75.